The van der Waals surface area contributed by atoms with Crippen LogP contribution in [-0.4, -0.2) is 35.2 Å². The SMILES string of the molecule is C=CC(=O)Nc1ccccc1CC(=O)N(CC(N)=O)C1CCCC1. The average molecular weight is 329 g/mol. The summed E-state index contributed by atoms with van der Waals surface area (Å²) < 4.78 is 0. The third kappa shape index (κ3) is 4.68. The van der Waals surface area contributed by atoms with Gasteiger partial charge in [-0.2, -0.15) is 0 Å². The number of nitrogens with zero attached hydrogens (tertiary/aromatic N) is 1. The van der Waals surface area contributed by atoms with Crippen LogP contribution in [-0.2, 0) is 20.8 Å². The fourth-order valence-electron chi connectivity index (χ4n) is 3.05. The van der Waals surface area contributed by atoms with Crippen molar-refractivity contribution in [2.75, 3.05) is 11.9 Å². The molecule has 1 saturated carbocycles. The van der Waals surface area contributed by atoms with E-state index in [4.69, 9.17) is 5.73 Å². The Hall–Kier alpha value is -2.63. The average Bonchev–Trinajstić information content (AvgIpc) is 3.08. The van der Waals surface area contributed by atoms with Crippen LogP contribution in [0.4, 0.5) is 5.69 Å². The molecule has 6 heteroatoms. The lowest BCUT2D eigenvalue weighted by Gasteiger charge is -2.28. The molecule has 1 aromatic rings. The molecule has 1 aliphatic rings. The summed E-state index contributed by atoms with van der Waals surface area (Å²) in [5.74, 6) is -0.996. The van der Waals surface area contributed by atoms with E-state index >= 15 is 0 Å². The molecule has 0 atom stereocenters. The van der Waals surface area contributed by atoms with Gasteiger partial charge in [-0.25, -0.2) is 0 Å². The lowest BCUT2D eigenvalue weighted by Crippen LogP contribution is -2.44. The molecule has 6 nitrogen and oxygen atoms in total. The van der Waals surface area contributed by atoms with Gasteiger partial charge in [0.25, 0.3) is 0 Å². The zero-order chi connectivity index (χ0) is 17.5. The van der Waals surface area contributed by atoms with Gasteiger partial charge in [0.1, 0.15) is 0 Å². The van der Waals surface area contributed by atoms with Gasteiger partial charge in [-0.05, 0) is 30.5 Å². The monoisotopic (exact) mass is 329 g/mol. The van der Waals surface area contributed by atoms with Crippen LogP contribution in [0.1, 0.15) is 31.2 Å². The number of benzene rings is 1. The number of anilines is 1. The van der Waals surface area contributed by atoms with Crippen molar-refractivity contribution in [1.29, 1.82) is 0 Å². The molecule has 0 aliphatic heterocycles. The first-order chi connectivity index (χ1) is 11.5. The van der Waals surface area contributed by atoms with Gasteiger partial charge in [0.15, 0.2) is 0 Å². The summed E-state index contributed by atoms with van der Waals surface area (Å²) in [4.78, 5) is 37.2. The first-order valence-corrected chi connectivity index (χ1v) is 8.10. The van der Waals surface area contributed by atoms with Crippen molar-refractivity contribution in [2.45, 2.75) is 38.1 Å². The molecule has 1 aromatic carbocycles. The van der Waals surface area contributed by atoms with E-state index in [2.05, 4.69) is 11.9 Å². The molecule has 0 saturated heterocycles. The number of nitrogens with two attached hydrogens (primary N) is 1. The number of hydrogen-bond donors (Lipinski definition) is 2. The van der Waals surface area contributed by atoms with Gasteiger partial charge < -0.3 is 16.0 Å². The number of carbonyl (C=O) groups is 3. The lowest BCUT2D eigenvalue weighted by molar-refractivity contribution is -0.136. The number of rotatable bonds is 7. The predicted octanol–water partition coefficient (Wildman–Crippen LogP) is 1.61. The molecule has 0 heterocycles. The third-order valence-corrected chi connectivity index (χ3v) is 4.21. The number of carbonyl (C=O) groups excluding carboxylic acids is 3. The fraction of sp³-hybridized carbons (Fsp3) is 0.389. The molecule has 1 fully saturated rings. The molecule has 3 N–H and O–H groups in total. The Balaban J connectivity index is 2.15. The highest BCUT2D eigenvalue weighted by Crippen LogP contribution is 2.25. The summed E-state index contributed by atoms with van der Waals surface area (Å²) in [6, 6.07) is 7.18. The largest absolute Gasteiger partial charge is 0.368 e. The molecule has 0 bridgehead atoms. The second-order valence-electron chi connectivity index (χ2n) is 5.95. The van der Waals surface area contributed by atoms with Crippen LogP contribution in [0, 0.1) is 0 Å². The summed E-state index contributed by atoms with van der Waals surface area (Å²) in [7, 11) is 0. The maximum Gasteiger partial charge on any atom is 0.247 e. The van der Waals surface area contributed by atoms with E-state index in [9.17, 15) is 14.4 Å². The van der Waals surface area contributed by atoms with Crippen molar-refractivity contribution in [1.82, 2.24) is 4.90 Å². The molecular formula is C18H23N3O3. The van der Waals surface area contributed by atoms with Gasteiger partial charge >= 0.3 is 0 Å². The summed E-state index contributed by atoms with van der Waals surface area (Å²) in [6.07, 6.45) is 5.19. The molecule has 0 aromatic heterocycles. The Morgan fingerprint density at radius 2 is 1.92 bits per heavy atom. The topological polar surface area (TPSA) is 92.5 Å². The summed E-state index contributed by atoms with van der Waals surface area (Å²) in [6.45, 7) is 3.36. The molecule has 128 valence electrons. The van der Waals surface area contributed by atoms with Crippen LogP contribution in [0.5, 0.6) is 0 Å². The molecule has 0 unspecified atom stereocenters. The molecular weight excluding hydrogens is 306 g/mol. The fourth-order valence-corrected chi connectivity index (χ4v) is 3.05. The van der Waals surface area contributed by atoms with Crippen LogP contribution in [0.25, 0.3) is 0 Å². The minimum atomic E-state index is -0.511. The number of amides is 3. The second-order valence-corrected chi connectivity index (χ2v) is 5.95. The molecule has 3 amide bonds. The molecule has 24 heavy (non-hydrogen) atoms. The van der Waals surface area contributed by atoms with Gasteiger partial charge in [-0.3, -0.25) is 14.4 Å². The summed E-state index contributed by atoms with van der Waals surface area (Å²) in [5, 5.41) is 2.70. The van der Waals surface area contributed by atoms with E-state index in [1.165, 1.54) is 6.08 Å². The smallest absolute Gasteiger partial charge is 0.247 e. The van der Waals surface area contributed by atoms with Crippen molar-refractivity contribution in [2.24, 2.45) is 5.73 Å². The summed E-state index contributed by atoms with van der Waals surface area (Å²) >= 11 is 0. The zero-order valence-corrected chi connectivity index (χ0v) is 13.7. The van der Waals surface area contributed by atoms with Crippen molar-refractivity contribution in [3.8, 4) is 0 Å². The Kier molecular flexibility index (Phi) is 6.12. The molecule has 0 spiro atoms. The summed E-state index contributed by atoms with van der Waals surface area (Å²) in [5.41, 5.74) is 6.57. The van der Waals surface area contributed by atoms with Gasteiger partial charge in [0.05, 0.1) is 13.0 Å². The van der Waals surface area contributed by atoms with Crippen molar-refractivity contribution in [3.05, 3.63) is 42.5 Å². The number of nitrogens with one attached hydrogen (secondary N) is 1. The van der Waals surface area contributed by atoms with Crippen LogP contribution >= 0.6 is 0 Å². The standard InChI is InChI=1S/C18H23N3O3/c1-2-17(23)20-15-10-6-3-7-13(15)11-18(24)21(12-16(19)22)14-8-4-5-9-14/h2-3,6-7,10,14H,1,4-5,8-9,11-12H2,(H2,19,22)(H,20,23). The van der Waals surface area contributed by atoms with Crippen LogP contribution in [0.2, 0.25) is 0 Å². The Bertz CT molecular complexity index is 636. The molecule has 2 rings (SSSR count). The van der Waals surface area contributed by atoms with Crippen LogP contribution in [0.3, 0.4) is 0 Å². The number of hydrogen-bond acceptors (Lipinski definition) is 3. The van der Waals surface area contributed by atoms with E-state index < -0.39 is 5.91 Å². The van der Waals surface area contributed by atoms with E-state index in [1.54, 1.807) is 29.2 Å². The number of primary amides is 1. The highest BCUT2D eigenvalue weighted by Gasteiger charge is 2.28. The normalized spacial score (nSPS) is 14.2. The maximum atomic E-state index is 12.7. The minimum absolute atomic E-state index is 0.0648. The molecule has 1 aliphatic carbocycles. The third-order valence-electron chi connectivity index (χ3n) is 4.21. The van der Waals surface area contributed by atoms with Crippen molar-refractivity contribution >= 4 is 23.4 Å². The van der Waals surface area contributed by atoms with E-state index in [0.717, 1.165) is 25.7 Å². The maximum absolute atomic E-state index is 12.7. The highest BCUT2D eigenvalue weighted by atomic mass is 16.2. The second kappa shape index (κ2) is 8.29. The van der Waals surface area contributed by atoms with Crippen LogP contribution in [0.15, 0.2) is 36.9 Å². The van der Waals surface area contributed by atoms with Crippen molar-refractivity contribution < 1.29 is 14.4 Å². The highest BCUT2D eigenvalue weighted by molar-refractivity contribution is 6.00. The molecule has 0 radical (unpaired) electrons. The quantitative estimate of drug-likeness (QED) is 0.744. The van der Waals surface area contributed by atoms with Gasteiger partial charge in [-0.15, -0.1) is 0 Å². The zero-order valence-electron chi connectivity index (χ0n) is 13.7. The van der Waals surface area contributed by atoms with E-state index in [1.807, 2.05) is 0 Å². The van der Waals surface area contributed by atoms with Gasteiger partial charge in [-0.1, -0.05) is 37.6 Å². The first kappa shape index (κ1) is 17.7. The Morgan fingerprint density at radius 3 is 2.54 bits per heavy atom. The Morgan fingerprint density at radius 1 is 1.25 bits per heavy atom. The van der Waals surface area contributed by atoms with E-state index in [0.29, 0.717) is 11.3 Å². The lowest BCUT2D eigenvalue weighted by atomic mass is 10.1. The Labute approximate surface area is 141 Å². The van der Waals surface area contributed by atoms with Crippen molar-refractivity contribution in [3.63, 3.8) is 0 Å². The van der Waals surface area contributed by atoms with Crippen LogP contribution < -0.4 is 11.1 Å². The van der Waals surface area contributed by atoms with E-state index in [-0.39, 0.29) is 30.8 Å². The predicted molar refractivity (Wildman–Crippen MR) is 92.1 cm³/mol. The first-order valence-electron chi connectivity index (χ1n) is 8.10. The number of para-hydroxylation sites is 1. The minimum Gasteiger partial charge on any atom is -0.368 e. The van der Waals surface area contributed by atoms with Gasteiger partial charge in [0.2, 0.25) is 17.7 Å². The van der Waals surface area contributed by atoms with Gasteiger partial charge in [0, 0.05) is 11.7 Å².